The molecule has 0 fully saturated rings. The summed E-state index contributed by atoms with van der Waals surface area (Å²) in [6.45, 7) is 0. The number of rotatable bonds is 6. The van der Waals surface area contributed by atoms with E-state index < -0.39 is 11.8 Å². The van der Waals surface area contributed by atoms with Crippen molar-refractivity contribution in [3.63, 3.8) is 0 Å². The smallest absolute Gasteiger partial charge is 0.271 e. The minimum atomic E-state index is -0.608. The summed E-state index contributed by atoms with van der Waals surface area (Å²) in [5.41, 5.74) is 5.21. The Hall–Kier alpha value is -4.86. The number of nitrogens with zero attached hydrogens (tertiary/aromatic N) is 2. The van der Waals surface area contributed by atoms with Crippen LogP contribution in [0.2, 0.25) is 0 Å². The van der Waals surface area contributed by atoms with Crippen molar-refractivity contribution < 1.29 is 30.0 Å². The van der Waals surface area contributed by atoms with Crippen LogP contribution in [0, 0.1) is 0 Å². The molecule has 0 bridgehead atoms. The van der Waals surface area contributed by atoms with Gasteiger partial charge >= 0.3 is 0 Å². The molecule has 0 heterocycles. The van der Waals surface area contributed by atoms with Crippen molar-refractivity contribution in [3.8, 4) is 23.0 Å². The number of phenolic OH excluding ortho intramolecular Hbond substituents is 4. The molecule has 10 nitrogen and oxygen atoms in total. The van der Waals surface area contributed by atoms with Gasteiger partial charge in [-0.15, -0.1) is 0 Å². The van der Waals surface area contributed by atoms with Crippen LogP contribution in [-0.4, -0.2) is 44.7 Å². The highest BCUT2D eigenvalue weighted by molar-refractivity contribution is 6.00. The maximum atomic E-state index is 12.3. The second kappa shape index (κ2) is 9.76. The Labute approximate surface area is 181 Å². The van der Waals surface area contributed by atoms with Gasteiger partial charge in [-0.1, -0.05) is 6.07 Å². The third-order valence-electron chi connectivity index (χ3n) is 4.15. The zero-order valence-corrected chi connectivity index (χ0v) is 16.4. The fraction of sp³-hybridized carbons (Fsp3) is 0. The molecule has 0 aromatic heterocycles. The first kappa shape index (κ1) is 21.8. The van der Waals surface area contributed by atoms with Gasteiger partial charge in [0.05, 0.1) is 12.4 Å². The first-order chi connectivity index (χ1) is 15.3. The number of carbonyl (C=O) groups excluding carboxylic acids is 2. The first-order valence-electron chi connectivity index (χ1n) is 9.14. The third-order valence-corrected chi connectivity index (χ3v) is 4.15. The Morgan fingerprint density at radius 2 is 1.09 bits per heavy atom. The minimum Gasteiger partial charge on any atom is -0.508 e. The SMILES string of the molecule is O=C(N/N=C/c1cc(O)ccc1O)c1cccc(C(=O)N/N=C/c2cc(O)ccc2O)c1. The molecule has 0 aliphatic rings. The van der Waals surface area contributed by atoms with Crippen molar-refractivity contribution in [2.24, 2.45) is 10.2 Å². The number of phenols is 4. The topological polar surface area (TPSA) is 164 Å². The predicted octanol–water partition coefficient (Wildman–Crippen LogP) is 2.04. The molecule has 0 saturated carbocycles. The molecule has 3 aromatic carbocycles. The van der Waals surface area contributed by atoms with Crippen LogP contribution in [-0.2, 0) is 0 Å². The Bertz CT molecular complexity index is 1130. The maximum absolute atomic E-state index is 12.3. The first-order valence-corrected chi connectivity index (χ1v) is 9.14. The van der Waals surface area contributed by atoms with Gasteiger partial charge in [0.1, 0.15) is 23.0 Å². The van der Waals surface area contributed by atoms with Crippen molar-refractivity contribution in [2.45, 2.75) is 0 Å². The van der Waals surface area contributed by atoms with Crippen molar-refractivity contribution in [1.29, 1.82) is 0 Å². The van der Waals surface area contributed by atoms with E-state index in [-0.39, 0.29) is 45.3 Å². The summed E-state index contributed by atoms with van der Waals surface area (Å²) in [5.74, 6) is -1.61. The van der Waals surface area contributed by atoms with Gasteiger partial charge in [0.15, 0.2) is 0 Å². The lowest BCUT2D eigenvalue weighted by molar-refractivity contribution is 0.0954. The maximum Gasteiger partial charge on any atom is 0.271 e. The van der Waals surface area contributed by atoms with Gasteiger partial charge in [-0.25, -0.2) is 10.9 Å². The molecule has 0 radical (unpaired) electrons. The summed E-state index contributed by atoms with van der Waals surface area (Å²) in [4.78, 5) is 24.6. The Kier molecular flexibility index (Phi) is 6.66. The van der Waals surface area contributed by atoms with Gasteiger partial charge < -0.3 is 20.4 Å². The lowest BCUT2D eigenvalue weighted by Gasteiger charge is -2.04. The standard InChI is InChI=1S/C22H18N4O6/c27-17-4-6-19(29)15(9-17)11-23-25-21(31)13-2-1-3-14(8-13)22(32)26-24-12-16-10-18(28)5-7-20(16)30/h1-12,27-30H,(H,25,31)(H,26,32)/b23-11+,24-12+. The number of hydrogen-bond donors (Lipinski definition) is 6. The van der Waals surface area contributed by atoms with Crippen LogP contribution in [0.1, 0.15) is 31.8 Å². The Morgan fingerprint density at radius 1 is 0.656 bits per heavy atom. The summed E-state index contributed by atoms with van der Waals surface area (Å²) in [5, 5.41) is 45.7. The fourth-order valence-corrected chi connectivity index (χ4v) is 2.54. The zero-order valence-electron chi connectivity index (χ0n) is 16.4. The molecule has 3 rings (SSSR count). The summed E-state index contributed by atoms with van der Waals surface area (Å²) in [6.07, 6.45) is 2.32. The summed E-state index contributed by atoms with van der Waals surface area (Å²) in [6, 6.07) is 13.5. The molecule has 0 spiro atoms. The van der Waals surface area contributed by atoms with Gasteiger partial charge in [0, 0.05) is 22.3 Å². The van der Waals surface area contributed by atoms with E-state index in [4.69, 9.17) is 0 Å². The highest BCUT2D eigenvalue weighted by atomic mass is 16.3. The van der Waals surface area contributed by atoms with Crippen LogP contribution < -0.4 is 10.9 Å². The molecule has 0 saturated heterocycles. The lowest BCUT2D eigenvalue weighted by Crippen LogP contribution is -2.20. The van der Waals surface area contributed by atoms with Gasteiger partial charge in [-0.3, -0.25) is 9.59 Å². The van der Waals surface area contributed by atoms with Gasteiger partial charge in [-0.05, 0) is 54.6 Å². The molecule has 0 unspecified atom stereocenters. The van der Waals surface area contributed by atoms with Crippen LogP contribution in [0.4, 0.5) is 0 Å². The van der Waals surface area contributed by atoms with Crippen LogP contribution in [0.15, 0.2) is 70.9 Å². The van der Waals surface area contributed by atoms with Crippen molar-refractivity contribution in [3.05, 3.63) is 82.9 Å². The Morgan fingerprint density at radius 3 is 1.53 bits per heavy atom. The monoisotopic (exact) mass is 434 g/mol. The van der Waals surface area contributed by atoms with Crippen LogP contribution >= 0.6 is 0 Å². The second-order valence-electron chi connectivity index (χ2n) is 6.47. The van der Waals surface area contributed by atoms with E-state index in [1.54, 1.807) is 0 Å². The largest absolute Gasteiger partial charge is 0.508 e. The molecule has 10 heteroatoms. The van der Waals surface area contributed by atoms with Crippen LogP contribution in [0.25, 0.3) is 0 Å². The minimum absolute atomic E-state index is 0.0729. The molecule has 0 aliphatic heterocycles. The van der Waals surface area contributed by atoms with Crippen LogP contribution in [0.3, 0.4) is 0 Å². The van der Waals surface area contributed by atoms with Crippen LogP contribution in [0.5, 0.6) is 23.0 Å². The number of nitrogens with one attached hydrogen (secondary N) is 2. The normalized spacial score (nSPS) is 11.0. The van der Waals surface area contributed by atoms with E-state index in [0.717, 1.165) is 12.4 Å². The molecule has 6 N–H and O–H groups in total. The number of amides is 2. The second-order valence-corrected chi connectivity index (χ2v) is 6.47. The molecule has 3 aromatic rings. The average molecular weight is 434 g/mol. The van der Waals surface area contributed by atoms with E-state index in [1.165, 1.54) is 60.7 Å². The predicted molar refractivity (Wildman–Crippen MR) is 116 cm³/mol. The number of benzene rings is 3. The lowest BCUT2D eigenvalue weighted by atomic mass is 10.1. The quantitative estimate of drug-likeness (QED) is 0.197. The summed E-state index contributed by atoms with van der Waals surface area (Å²) >= 11 is 0. The Balaban J connectivity index is 1.63. The van der Waals surface area contributed by atoms with Crippen molar-refractivity contribution in [2.75, 3.05) is 0 Å². The fourth-order valence-electron chi connectivity index (χ4n) is 2.54. The number of aromatic hydroxyl groups is 4. The highest BCUT2D eigenvalue weighted by Crippen LogP contribution is 2.21. The average Bonchev–Trinajstić information content (AvgIpc) is 2.78. The van der Waals surface area contributed by atoms with E-state index in [1.807, 2.05) is 0 Å². The molecule has 2 amide bonds. The molecule has 162 valence electrons. The van der Waals surface area contributed by atoms with Gasteiger partial charge in [0.25, 0.3) is 11.8 Å². The number of carbonyl (C=O) groups is 2. The van der Waals surface area contributed by atoms with E-state index in [9.17, 15) is 30.0 Å². The number of hydrogen-bond acceptors (Lipinski definition) is 8. The van der Waals surface area contributed by atoms with E-state index in [2.05, 4.69) is 21.1 Å². The van der Waals surface area contributed by atoms with Crippen molar-refractivity contribution in [1.82, 2.24) is 10.9 Å². The molecular weight excluding hydrogens is 416 g/mol. The van der Waals surface area contributed by atoms with Crippen molar-refractivity contribution >= 4 is 24.2 Å². The van der Waals surface area contributed by atoms with Gasteiger partial charge in [-0.2, -0.15) is 10.2 Å². The molecule has 0 aliphatic carbocycles. The van der Waals surface area contributed by atoms with Gasteiger partial charge in [0.2, 0.25) is 0 Å². The molecule has 0 atom stereocenters. The summed E-state index contributed by atoms with van der Waals surface area (Å²) < 4.78 is 0. The zero-order chi connectivity index (χ0) is 23.1. The highest BCUT2D eigenvalue weighted by Gasteiger charge is 2.10. The van der Waals surface area contributed by atoms with E-state index >= 15 is 0 Å². The molecular formula is C22H18N4O6. The molecule has 32 heavy (non-hydrogen) atoms. The summed E-state index contributed by atoms with van der Waals surface area (Å²) in [7, 11) is 0. The van der Waals surface area contributed by atoms with E-state index in [0.29, 0.717) is 0 Å². The number of hydrazone groups is 2. The third kappa shape index (κ3) is 5.60.